The Morgan fingerprint density at radius 1 is 1.00 bits per heavy atom. The molecule has 1 aliphatic carbocycles. The Bertz CT molecular complexity index is 2700. The molecule has 1 unspecified atom stereocenters. The Kier molecular flexibility index (Phi) is 13.0. The molecule has 3 aromatic carbocycles. The zero-order valence-electron chi connectivity index (χ0n) is 38.7. The van der Waals surface area contributed by atoms with E-state index in [1.54, 1.807) is 17.4 Å². The predicted octanol–water partition coefficient (Wildman–Crippen LogP) is 8.36. The van der Waals surface area contributed by atoms with Crippen LogP contribution in [0.4, 0.5) is 0 Å². The number of thiazole rings is 1. The maximum Gasteiger partial charge on any atom is 0.282 e. The van der Waals surface area contributed by atoms with Gasteiger partial charge in [0.05, 0.1) is 55.3 Å². The summed E-state index contributed by atoms with van der Waals surface area (Å²) < 4.78 is 2.20. The highest BCUT2D eigenvalue weighted by atomic mass is 35.5. The van der Waals surface area contributed by atoms with Crippen molar-refractivity contribution in [1.29, 1.82) is 0 Å². The third kappa shape index (κ3) is 8.84. The maximum absolute atomic E-state index is 14.3. The topological polar surface area (TPSA) is 150 Å². The molecule has 3 aliphatic heterocycles. The lowest BCUT2D eigenvalue weighted by Crippen LogP contribution is -2.57. The number of halogens is 1. The summed E-state index contributed by atoms with van der Waals surface area (Å²) in [6.45, 7) is 12.3. The lowest BCUT2D eigenvalue weighted by molar-refractivity contribution is -0.144. The first-order chi connectivity index (χ1) is 31.6. The van der Waals surface area contributed by atoms with E-state index in [1.165, 1.54) is 22.4 Å². The van der Waals surface area contributed by atoms with Gasteiger partial charge in [0.15, 0.2) is 0 Å². The van der Waals surface area contributed by atoms with Crippen LogP contribution in [-0.4, -0.2) is 91.5 Å². The van der Waals surface area contributed by atoms with E-state index in [0.29, 0.717) is 22.7 Å². The molecule has 66 heavy (non-hydrogen) atoms. The molecule has 5 aromatic rings. The predicted molar refractivity (Wildman–Crippen MR) is 260 cm³/mol. The molecule has 0 radical (unpaired) electrons. The number of aromatic nitrogens is 3. The van der Waals surface area contributed by atoms with Gasteiger partial charge in [-0.2, -0.15) is 4.98 Å². The number of β-amino-alcohol motifs (C(OH)–C–C–N with tert-alkyl or cyclic N) is 1. The van der Waals surface area contributed by atoms with E-state index in [9.17, 15) is 24.3 Å². The van der Waals surface area contributed by atoms with Crippen LogP contribution in [0.3, 0.4) is 0 Å². The summed E-state index contributed by atoms with van der Waals surface area (Å²) in [6.07, 6.45) is 7.57. The Morgan fingerprint density at radius 3 is 2.44 bits per heavy atom. The van der Waals surface area contributed by atoms with E-state index in [0.717, 1.165) is 96.9 Å². The number of rotatable bonds is 11. The molecule has 1 saturated carbocycles. The third-order valence-electron chi connectivity index (χ3n) is 14.8. The van der Waals surface area contributed by atoms with Gasteiger partial charge in [-0.3, -0.25) is 23.7 Å². The van der Waals surface area contributed by atoms with Crippen molar-refractivity contribution in [2.24, 2.45) is 5.41 Å². The zero-order chi connectivity index (χ0) is 46.5. The van der Waals surface area contributed by atoms with Crippen LogP contribution in [0.1, 0.15) is 132 Å². The number of hydrogen-bond donors (Lipinski definition) is 3. The zero-order valence-corrected chi connectivity index (χ0v) is 40.3. The maximum atomic E-state index is 14.3. The molecule has 2 aromatic heterocycles. The van der Waals surface area contributed by atoms with Gasteiger partial charge < -0.3 is 25.5 Å². The van der Waals surface area contributed by atoms with Crippen LogP contribution >= 0.6 is 22.9 Å². The second-order valence-electron chi connectivity index (χ2n) is 20.2. The molecule has 348 valence electrons. The molecular weight excluding hydrogens is 870 g/mol. The number of carbonyl (C=O) groups excluding carboxylic acids is 3. The van der Waals surface area contributed by atoms with Crippen molar-refractivity contribution in [1.82, 2.24) is 35.0 Å². The van der Waals surface area contributed by atoms with Gasteiger partial charge in [-0.25, -0.2) is 4.98 Å². The second-order valence-corrected chi connectivity index (χ2v) is 21.5. The average Bonchev–Trinajstić information content (AvgIpc) is 3.99. The van der Waals surface area contributed by atoms with Crippen molar-refractivity contribution in [2.75, 3.05) is 26.2 Å². The van der Waals surface area contributed by atoms with Gasteiger partial charge in [0, 0.05) is 19.4 Å². The first-order valence-electron chi connectivity index (χ1n) is 23.8. The fraction of sp³-hybridized carbons (Fsp3) is 0.500. The highest BCUT2D eigenvalue weighted by Gasteiger charge is 2.47. The Labute approximate surface area is 396 Å². The van der Waals surface area contributed by atoms with E-state index in [-0.39, 0.29) is 54.1 Å². The SMILES string of the molecule is Cc1ncsc1-c1ccc([C@H](C)NC(=O)C2C[C@@H](O)CN2C(=O)[C@@H](NC(=O)CCCN2CCC(c3ccc4c(c3)C3(CCCCC3)c3nc(=O)c5c(Cl)cccc5n3-4)CC2)C(C)(C)C)cc1. The number of nitrogens with zero attached hydrogens (tertiary/aromatic N) is 5. The number of hydrogen-bond acceptors (Lipinski definition) is 9. The minimum atomic E-state index is -0.873. The molecule has 0 bridgehead atoms. The standard InChI is InChI=1S/C52H62ClN7O5S/c1-31(33-14-16-35(17-15-33)45-32(2)54-30-66-45)55-47(63)42-28-37(61)29-59(42)49(65)46(51(3,4)5)56-43(62)13-10-24-58-25-20-34(21-26-58)36-18-19-40-38(27-36)52(22-7-6-8-23-52)50-57-48(64)44-39(53)11-9-12-41(44)60(40)50/h9,11-12,14-19,27,30-31,34,37,42,46,61H,6-8,10,13,20-26,28-29H2,1-5H3,(H,55,63)(H,56,62)/t31-,37+,42?,46+/m0/s1. The van der Waals surface area contributed by atoms with Crippen LogP contribution in [0.5, 0.6) is 0 Å². The van der Waals surface area contributed by atoms with Crippen molar-refractivity contribution in [2.45, 2.75) is 134 Å². The van der Waals surface area contributed by atoms with Crippen LogP contribution in [0.2, 0.25) is 5.02 Å². The van der Waals surface area contributed by atoms with Gasteiger partial charge in [-0.1, -0.05) is 94.1 Å². The van der Waals surface area contributed by atoms with Gasteiger partial charge in [-0.05, 0) is 117 Å². The summed E-state index contributed by atoms with van der Waals surface area (Å²) in [6, 6.07) is 18.5. The molecule has 1 spiro atoms. The monoisotopic (exact) mass is 931 g/mol. The molecule has 9 rings (SSSR count). The number of carbonyl (C=O) groups is 3. The van der Waals surface area contributed by atoms with Gasteiger partial charge in [0.25, 0.3) is 5.56 Å². The third-order valence-corrected chi connectivity index (χ3v) is 16.1. The number of nitrogens with one attached hydrogen (secondary N) is 2. The summed E-state index contributed by atoms with van der Waals surface area (Å²) in [5.74, 6) is 0.369. The molecule has 3 N–H and O–H groups in total. The number of benzene rings is 3. The van der Waals surface area contributed by atoms with E-state index >= 15 is 0 Å². The largest absolute Gasteiger partial charge is 0.391 e. The minimum absolute atomic E-state index is 0.0253. The number of aliphatic hydroxyl groups is 1. The van der Waals surface area contributed by atoms with E-state index in [4.69, 9.17) is 16.6 Å². The lowest BCUT2D eigenvalue weighted by Gasteiger charge is -2.36. The average molecular weight is 933 g/mol. The lowest BCUT2D eigenvalue weighted by atomic mass is 9.69. The molecule has 12 nitrogen and oxygen atoms in total. The highest BCUT2D eigenvalue weighted by Crippen LogP contribution is 2.52. The number of aryl methyl sites for hydroxylation is 1. The van der Waals surface area contributed by atoms with E-state index in [2.05, 4.69) is 43.3 Å². The molecule has 14 heteroatoms. The van der Waals surface area contributed by atoms with Crippen LogP contribution in [0.15, 0.2) is 71.0 Å². The van der Waals surface area contributed by atoms with Gasteiger partial charge in [0.1, 0.15) is 17.9 Å². The number of fused-ring (bicyclic) bond motifs is 7. The normalized spacial score (nSPS) is 20.6. The highest BCUT2D eigenvalue weighted by molar-refractivity contribution is 7.13. The summed E-state index contributed by atoms with van der Waals surface area (Å²) in [7, 11) is 0. The van der Waals surface area contributed by atoms with Crippen molar-refractivity contribution in [3.05, 3.63) is 110 Å². The molecular formula is C52H62ClN7O5S. The quantitative estimate of drug-likeness (QED) is 0.120. The smallest absolute Gasteiger partial charge is 0.282 e. The molecule has 2 saturated heterocycles. The number of piperidine rings is 1. The first kappa shape index (κ1) is 46.2. The number of amides is 3. The second kappa shape index (κ2) is 18.6. The van der Waals surface area contributed by atoms with Crippen LogP contribution in [0, 0.1) is 12.3 Å². The molecule has 5 heterocycles. The van der Waals surface area contributed by atoms with Crippen LogP contribution in [-0.2, 0) is 19.8 Å². The van der Waals surface area contributed by atoms with Crippen molar-refractivity contribution in [3.63, 3.8) is 0 Å². The van der Waals surface area contributed by atoms with E-state index < -0.39 is 23.6 Å². The van der Waals surface area contributed by atoms with Gasteiger partial charge >= 0.3 is 0 Å². The molecule has 3 amide bonds. The molecule has 3 fully saturated rings. The van der Waals surface area contributed by atoms with Gasteiger partial charge in [-0.15, -0.1) is 11.3 Å². The Hall–Kier alpha value is -4.95. The summed E-state index contributed by atoms with van der Waals surface area (Å²) >= 11 is 8.16. The fourth-order valence-electron chi connectivity index (χ4n) is 11.1. The van der Waals surface area contributed by atoms with Crippen molar-refractivity contribution >= 4 is 51.6 Å². The van der Waals surface area contributed by atoms with Gasteiger partial charge in [0.2, 0.25) is 17.7 Å². The van der Waals surface area contributed by atoms with Crippen molar-refractivity contribution in [3.8, 4) is 16.1 Å². The number of likely N-dealkylation sites (tertiary alicyclic amines) is 2. The summed E-state index contributed by atoms with van der Waals surface area (Å²) in [5, 5.41) is 17.7. The van der Waals surface area contributed by atoms with Crippen LogP contribution < -0.4 is 16.2 Å². The first-order valence-corrected chi connectivity index (χ1v) is 25.1. The molecule has 4 aliphatic rings. The van der Waals surface area contributed by atoms with Crippen molar-refractivity contribution < 1.29 is 19.5 Å². The summed E-state index contributed by atoms with van der Waals surface area (Å²) in [5.41, 5.74) is 8.17. The minimum Gasteiger partial charge on any atom is -0.391 e. The summed E-state index contributed by atoms with van der Waals surface area (Å²) in [4.78, 5) is 69.1. The molecule has 4 atom stereocenters. The van der Waals surface area contributed by atoms with E-state index in [1.807, 2.05) is 76.5 Å². The van der Waals surface area contributed by atoms with Crippen LogP contribution in [0.25, 0.3) is 27.0 Å². The number of aliphatic hydroxyl groups excluding tert-OH is 1. The Balaban J connectivity index is 0.792. The fourth-order valence-corrected chi connectivity index (χ4v) is 12.2. The Morgan fingerprint density at radius 2 is 1.74 bits per heavy atom.